The third-order valence-electron chi connectivity index (χ3n) is 2.52. The molecule has 0 saturated carbocycles. The fourth-order valence-corrected chi connectivity index (χ4v) is 1.50. The minimum absolute atomic E-state index is 0.0234. The van der Waals surface area contributed by atoms with Gasteiger partial charge in [0.05, 0.1) is 0 Å². The summed E-state index contributed by atoms with van der Waals surface area (Å²) < 4.78 is 5.46. The average Bonchev–Trinajstić information content (AvgIpc) is 2.35. The smallest absolute Gasteiger partial charge is 0.258 e. The second-order valence-electron chi connectivity index (χ2n) is 4.39. The lowest BCUT2D eigenvalue weighted by Crippen LogP contribution is -2.36. The number of hydrogen-bond acceptors (Lipinski definition) is 3. The summed E-state index contributed by atoms with van der Waals surface area (Å²) in [6.07, 6.45) is 0. The van der Waals surface area contributed by atoms with Crippen molar-refractivity contribution in [2.45, 2.75) is 20.8 Å². The van der Waals surface area contributed by atoms with E-state index >= 15 is 0 Å². The Balaban J connectivity index is 2.30. The molecule has 0 bridgehead atoms. The van der Waals surface area contributed by atoms with Gasteiger partial charge in [-0.25, -0.2) is 0 Å². The first-order valence-corrected chi connectivity index (χ1v) is 6.20. The number of aryl methyl sites for hydroxylation is 2. The van der Waals surface area contributed by atoms with Gasteiger partial charge in [0.25, 0.3) is 5.91 Å². The molecule has 5 nitrogen and oxygen atoms in total. The molecule has 0 aliphatic rings. The van der Waals surface area contributed by atoms with Crippen LogP contribution in [0.5, 0.6) is 5.75 Å². The average molecular weight is 264 g/mol. The largest absolute Gasteiger partial charge is 0.483 e. The van der Waals surface area contributed by atoms with Crippen LogP contribution >= 0.6 is 0 Å². The monoisotopic (exact) mass is 264 g/mol. The van der Waals surface area contributed by atoms with E-state index < -0.39 is 0 Å². The van der Waals surface area contributed by atoms with Crippen LogP contribution in [0.2, 0.25) is 0 Å². The number of ether oxygens (including phenoxy) is 1. The highest BCUT2D eigenvalue weighted by Crippen LogP contribution is 2.18. The fraction of sp³-hybridized carbons (Fsp3) is 0.429. The van der Waals surface area contributed by atoms with Crippen LogP contribution in [-0.2, 0) is 9.59 Å². The molecule has 1 aromatic rings. The SMILES string of the molecule is CC(=O)NCCNC(=O)COc1cc(C)ccc1C. The van der Waals surface area contributed by atoms with Gasteiger partial charge in [-0.3, -0.25) is 9.59 Å². The zero-order chi connectivity index (χ0) is 14.3. The zero-order valence-corrected chi connectivity index (χ0v) is 11.6. The number of hydrogen-bond donors (Lipinski definition) is 2. The van der Waals surface area contributed by atoms with Crippen LogP contribution < -0.4 is 15.4 Å². The Morgan fingerprint density at radius 1 is 1.16 bits per heavy atom. The van der Waals surface area contributed by atoms with E-state index in [9.17, 15) is 9.59 Å². The summed E-state index contributed by atoms with van der Waals surface area (Å²) in [7, 11) is 0. The van der Waals surface area contributed by atoms with Crippen molar-refractivity contribution in [1.82, 2.24) is 10.6 Å². The second kappa shape index (κ2) is 7.41. The summed E-state index contributed by atoms with van der Waals surface area (Å²) in [4.78, 5) is 22.1. The third kappa shape index (κ3) is 5.90. The van der Waals surface area contributed by atoms with Gasteiger partial charge in [-0.05, 0) is 31.0 Å². The lowest BCUT2D eigenvalue weighted by atomic mass is 10.1. The van der Waals surface area contributed by atoms with Crippen molar-refractivity contribution >= 4 is 11.8 Å². The Labute approximate surface area is 113 Å². The van der Waals surface area contributed by atoms with Gasteiger partial charge in [0, 0.05) is 20.0 Å². The third-order valence-corrected chi connectivity index (χ3v) is 2.52. The van der Waals surface area contributed by atoms with Crippen LogP contribution in [-0.4, -0.2) is 31.5 Å². The van der Waals surface area contributed by atoms with E-state index in [2.05, 4.69) is 10.6 Å². The molecule has 0 saturated heterocycles. The van der Waals surface area contributed by atoms with Gasteiger partial charge >= 0.3 is 0 Å². The molecule has 5 heteroatoms. The lowest BCUT2D eigenvalue weighted by molar-refractivity contribution is -0.123. The summed E-state index contributed by atoms with van der Waals surface area (Å²) in [5, 5.41) is 5.26. The molecule has 0 aliphatic heterocycles. The van der Waals surface area contributed by atoms with E-state index in [4.69, 9.17) is 4.74 Å². The first-order valence-electron chi connectivity index (χ1n) is 6.20. The van der Waals surface area contributed by atoms with Gasteiger partial charge < -0.3 is 15.4 Å². The molecule has 104 valence electrons. The highest BCUT2D eigenvalue weighted by molar-refractivity contribution is 5.77. The number of nitrogens with one attached hydrogen (secondary N) is 2. The van der Waals surface area contributed by atoms with Crippen LogP contribution in [0.1, 0.15) is 18.1 Å². The maximum absolute atomic E-state index is 11.5. The van der Waals surface area contributed by atoms with Gasteiger partial charge in [0.2, 0.25) is 5.91 Å². The molecule has 2 N–H and O–H groups in total. The minimum atomic E-state index is -0.203. The molecule has 19 heavy (non-hydrogen) atoms. The van der Waals surface area contributed by atoms with Crippen LogP contribution in [0.4, 0.5) is 0 Å². The fourth-order valence-electron chi connectivity index (χ4n) is 1.50. The Morgan fingerprint density at radius 3 is 2.53 bits per heavy atom. The summed E-state index contributed by atoms with van der Waals surface area (Å²) in [6, 6.07) is 5.86. The normalized spacial score (nSPS) is 9.84. The van der Waals surface area contributed by atoms with E-state index in [-0.39, 0.29) is 18.4 Å². The van der Waals surface area contributed by atoms with Crippen LogP contribution in [0.15, 0.2) is 18.2 Å². The Morgan fingerprint density at radius 2 is 1.84 bits per heavy atom. The molecule has 1 aromatic carbocycles. The van der Waals surface area contributed by atoms with Gasteiger partial charge in [-0.2, -0.15) is 0 Å². The number of carbonyl (C=O) groups excluding carboxylic acids is 2. The van der Waals surface area contributed by atoms with E-state index in [1.165, 1.54) is 6.92 Å². The summed E-state index contributed by atoms with van der Waals surface area (Å²) in [5.41, 5.74) is 2.09. The van der Waals surface area contributed by atoms with Crippen molar-refractivity contribution in [3.63, 3.8) is 0 Å². The number of carbonyl (C=O) groups is 2. The van der Waals surface area contributed by atoms with Crippen LogP contribution in [0, 0.1) is 13.8 Å². The van der Waals surface area contributed by atoms with Crippen molar-refractivity contribution in [3.05, 3.63) is 29.3 Å². The zero-order valence-electron chi connectivity index (χ0n) is 11.6. The van der Waals surface area contributed by atoms with E-state index in [1.54, 1.807) is 0 Å². The maximum Gasteiger partial charge on any atom is 0.258 e. The quantitative estimate of drug-likeness (QED) is 0.751. The molecule has 0 aromatic heterocycles. The van der Waals surface area contributed by atoms with Crippen LogP contribution in [0.3, 0.4) is 0 Å². The lowest BCUT2D eigenvalue weighted by Gasteiger charge is -2.10. The van der Waals surface area contributed by atoms with Gasteiger partial charge in [0.1, 0.15) is 5.75 Å². The molecule has 0 unspecified atom stereocenters. The van der Waals surface area contributed by atoms with Crippen molar-refractivity contribution in [2.75, 3.05) is 19.7 Å². The molecule has 1 rings (SSSR count). The van der Waals surface area contributed by atoms with E-state index in [1.807, 2.05) is 32.0 Å². The first kappa shape index (κ1) is 15.0. The van der Waals surface area contributed by atoms with Crippen molar-refractivity contribution in [3.8, 4) is 5.75 Å². The predicted molar refractivity (Wildman–Crippen MR) is 73.1 cm³/mol. The Kier molecular flexibility index (Phi) is 5.85. The predicted octanol–water partition coefficient (Wildman–Crippen LogP) is 0.935. The van der Waals surface area contributed by atoms with Gasteiger partial charge in [0.15, 0.2) is 6.61 Å². The maximum atomic E-state index is 11.5. The summed E-state index contributed by atoms with van der Waals surface area (Å²) in [6.45, 7) is 6.14. The van der Waals surface area contributed by atoms with Gasteiger partial charge in [-0.1, -0.05) is 12.1 Å². The van der Waals surface area contributed by atoms with E-state index in [0.29, 0.717) is 13.1 Å². The summed E-state index contributed by atoms with van der Waals surface area (Å²) in [5.74, 6) is 0.407. The second-order valence-corrected chi connectivity index (χ2v) is 4.39. The molecule has 0 heterocycles. The molecule has 0 spiro atoms. The molecular formula is C14H20N2O3. The highest BCUT2D eigenvalue weighted by Gasteiger charge is 2.04. The highest BCUT2D eigenvalue weighted by atomic mass is 16.5. The molecule has 0 radical (unpaired) electrons. The molecule has 0 aliphatic carbocycles. The van der Waals surface area contributed by atoms with Crippen LogP contribution in [0.25, 0.3) is 0 Å². The molecule has 0 atom stereocenters. The number of rotatable bonds is 6. The summed E-state index contributed by atoms with van der Waals surface area (Å²) >= 11 is 0. The minimum Gasteiger partial charge on any atom is -0.483 e. The van der Waals surface area contributed by atoms with Crippen molar-refractivity contribution < 1.29 is 14.3 Å². The topological polar surface area (TPSA) is 67.4 Å². The standard InChI is InChI=1S/C14H20N2O3/c1-10-4-5-11(2)13(8-10)19-9-14(18)16-7-6-15-12(3)17/h4-5,8H,6-7,9H2,1-3H3,(H,15,17)(H,16,18). The molecule has 2 amide bonds. The Bertz CT molecular complexity index is 458. The first-order chi connectivity index (χ1) is 8.99. The number of benzene rings is 1. The number of amides is 2. The van der Waals surface area contributed by atoms with Crippen molar-refractivity contribution in [2.24, 2.45) is 0 Å². The molecular weight excluding hydrogens is 244 g/mol. The van der Waals surface area contributed by atoms with Gasteiger partial charge in [-0.15, -0.1) is 0 Å². The Hall–Kier alpha value is -2.04. The van der Waals surface area contributed by atoms with Crippen molar-refractivity contribution in [1.29, 1.82) is 0 Å². The van der Waals surface area contributed by atoms with E-state index in [0.717, 1.165) is 16.9 Å². The molecule has 0 fully saturated rings.